The van der Waals surface area contributed by atoms with E-state index in [9.17, 15) is 8.42 Å². The summed E-state index contributed by atoms with van der Waals surface area (Å²) in [5, 5.41) is 8.87. The Hall–Kier alpha value is -2.20. The van der Waals surface area contributed by atoms with Crippen molar-refractivity contribution >= 4 is 10.0 Å². The lowest BCUT2D eigenvalue weighted by atomic mass is 10.0. The third-order valence-corrected chi connectivity index (χ3v) is 6.57. The van der Waals surface area contributed by atoms with Crippen LogP contribution in [-0.2, 0) is 10.0 Å². The van der Waals surface area contributed by atoms with E-state index in [-0.39, 0.29) is 10.9 Å². The molecule has 1 atom stereocenters. The van der Waals surface area contributed by atoms with E-state index >= 15 is 0 Å². The minimum atomic E-state index is -3.56. The summed E-state index contributed by atoms with van der Waals surface area (Å²) in [7, 11) is -1.54. The fourth-order valence-electron chi connectivity index (χ4n) is 3.07. The van der Waals surface area contributed by atoms with Gasteiger partial charge in [0.05, 0.1) is 16.5 Å². The minimum absolute atomic E-state index is 0.0301. The van der Waals surface area contributed by atoms with Gasteiger partial charge in [0.25, 0.3) is 0 Å². The highest BCUT2D eigenvalue weighted by Gasteiger charge is 2.33. The molecule has 1 heterocycles. The molecule has 0 amide bonds. The fraction of sp³-hybridized carbons (Fsp3) is 0.316. The Kier molecular flexibility index (Phi) is 4.91. The Labute approximate surface area is 149 Å². The van der Waals surface area contributed by atoms with Crippen molar-refractivity contribution in [3.05, 3.63) is 65.2 Å². The number of benzene rings is 2. The van der Waals surface area contributed by atoms with Gasteiger partial charge >= 0.3 is 0 Å². The van der Waals surface area contributed by atoms with Gasteiger partial charge < -0.3 is 0 Å². The maximum atomic E-state index is 12.9. The van der Waals surface area contributed by atoms with Gasteiger partial charge in [-0.1, -0.05) is 29.8 Å². The summed E-state index contributed by atoms with van der Waals surface area (Å²) in [4.78, 5) is 2.42. The molecule has 1 aliphatic rings. The van der Waals surface area contributed by atoms with E-state index in [4.69, 9.17) is 5.26 Å². The lowest BCUT2D eigenvalue weighted by molar-refractivity contribution is 0.148. The van der Waals surface area contributed by atoms with E-state index in [1.54, 1.807) is 16.4 Å². The van der Waals surface area contributed by atoms with Crippen LogP contribution in [0.25, 0.3) is 0 Å². The van der Waals surface area contributed by atoms with Crippen molar-refractivity contribution < 1.29 is 8.42 Å². The zero-order chi connectivity index (χ0) is 18.0. The van der Waals surface area contributed by atoms with Gasteiger partial charge in [-0.2, -0.15) is 9.57 Å². The molecule has 0 unspecified atom stereocenters. The molecule has 5 nitrogen and oxygen atoms in total. The molecular weight excluding hydrogens is 334 g/mol. The number of piperazine rings is 1. The van der Waals surface area contributed by atoms with Gasteiger partial charge in [-0.15, -0.1) is 0 Å². The molecule has 0 aliphatic carbocycles. The first-order valence-electron chi connectivity index (χ1n) is 8.19. The monoisotopic (exact) mass is 355 g/mol. The molecule has 1 fully saturated rings. The van der Waals surface area contributed by atoms with Gasteiger partial charge in [0.1, 0.15) is 0 Å². The van der Waals surface area contributed by atoms with Gasteiger partial charge in [-0.25, -0.2) is 8.42 Å². The first-order valence-corrected chi connectivity index (χ1v) is 9.63. The van der Waals surface area contributed by atoms with Gasteiger partial charge in [0.2, 0.25) is 10.0 Å². The van der Waals surface area contributed by atoms with Crippen LogP contribution in [0.1, 0.15) is 22.7 Å². The standard InChI is InChI=1S/C19H21N3O2S/c1-15-3-7-17(8-4-15)19-14-22(12-11-21(19)2)25(23,24)18-9-5-16(13-20)6-10-18/h3-10,19H,11-12,14H2,1-2H3/t19-/m0/s1. The highest BCUT2D eigenvalue weighted by atomic mass is 32.2. The second-order valence-electron chi connectivity index (χ2n) is 6.41. The molecule has 1 saturated heterocycles. The van der Waals surface area contributed by atoms with Crippen LogP contribution in [0, 0.1) is 18.3 Å². The Morgan fingerprint density at radius 1 is 1.04 bits per heavy atom. The summed E-state index contributed by atoms with van der Waals surface area (Å²) >= 11 is 0. The zero-order valence-electron chi connectivity index (χ0n) is 14.4. The number of hydrogen-bond donors (Lipinski definition) is 0. The van der Waals surface area contributed by atoms with Crippen molar-refractivity contribution in [1.29, 1.82) is 5.26 Å². The predicted octanol–water partition coefficient (Wildman–Crippen LogP) is 2.54. The van der Waals surface area contributed by atoms with Crippen molar-refractivity contribution in [2.45, 2.75) is 17.9 Å². The SMILES string of the molecule is Cc1ccc([C@@H]2CN(S(=O)(=O)c3ccc(C#N)cc3)CCN2C)cc1. The topological polar surface area (TPSA) is 64.4 Å². The quantitative estimate of drug-likeness (QED) is 0.849. The first-order chi connectivity index (χ1) is 11.9. The molecule has 0 aromatic heterocycles. The average Bonchev–Trinajstić information content (AvgIpc) is 2.63. The second kappa shape index (κ2) is 6.96. The van der Waals surface area contributed by atoms with E-state index < -0.39 is 10.0 Å². The largest absolute Gasteiger partial charge is 0.297 e. The summed E-state index contributed by atoms with van der Waals surface area (Å²) in [6, 6.07) is 16.4. The summed E-state index contributed by atoms with van der Waals surface area (Å²) in [6.07, 6.45) is 0. The van der Waals surface area contributed by atoms with Crippen LogP contribution in [0.2, 0.25) is 0 Å². The molecule has 2 aromatic rings. The maximum absolute atomic E-state index is 12.9. The molecule has 25 heavy (non-hydrogen) atoms. The smallest absolute Gasteiger partial charge is 0.243 e. The van der Waals surface area contributed by atoms with E-state index in [1.165, 1.54) is 17.7 Å². The van der Waals surface area contributed by atoms with Gasteiger partial charge in [0.15, 0.2) is 0 Å². The highest BCUT2D eigenvalue weighted by Crippen LogP contribution is 2.28. The molecule has 0 radical (unpaired) electrons. The number of hydrogen-bond acceptors (Lipinski definition) is 4. The third kappa shape index (κ3) is 3.59. The zero-order valence-corrected chi connectivity index (χ0v) is 15.2. The molecule has 1 aliphatic heterocycles. The normalized spacial score (nSPS) is 19.5. The fourth-order valence-corrected chi connectivity index (χ4v) is 4.50. The molecule has 2 aromatic carbocycles. The van der Waals surface area contributed by atoms with Gasteiger partial charge in [0, 0.05) is 25.7 Å². The van der Waals surface area contributed by atoms with Crippen molar-refractivity contribution in [3.63, 3.8) is 0 Å². The van der Waals surface area contributed by atoms with Crippen molar-refractivity contribution in [2.24, 2.45) is 0 Å². The van der Waals surface area contributed by atoms with E-state index in [2.05, 4.69) is 29.2 Å². The van der Waals surface area contributed by atoms with Crippen LogP contribution in [-0.4, -0.2) is 44.3 Å². The Morgan fingerprint density at radius 2 is 1.68 bits per heavy atom. The molecule has 0 spiro atoms. The highest BCUT2D eigenvalue weighted by molar-refractivity contribution is 7.89. The van der Waals surface area contributed by atoms with Crippen molar-refractivity contribution in [2.75, 3.05) is 26.7 Å². The molecule has 0 N–H and O–H groups in total. The Bertz CT molecular complexity index is 884. The summed E-state index contributed by atoms with van der Waals surface area (Å²) < 4.78 is 27.4. The molecule has 0 bridgehead atoms. The maximum Gasteiger partial charge on any atom is 0.243 e. The molecule has 3 rings (SSSR count). The van der Waals surface area contributed by atoms with Crippen molar-refractivity contribution in [1.82, 2.24) is 9.21 Å². The lowest BCUT2D eigenvalue weighted by Gasteiger charge is -2.39. The number of nitriles is 1. The lowest BCUT2D eigenvalue weighted by Crippen LogP contribution is -2.48. The summed E-state index contributed by atoms with van der Waals surface area (Å²) in [5.41, 5.74) is 2.76. The van der Waals surface area contributed by atoms with E-state index in [0.717, 1.165) is 5.56 Å². The van der Waals surface area contributed by atoms with Crippen LogP contribution >= 0.6 is 0 Å². The van der Waals surface area contributed by atoms with Crippen molar-refractivity contribution in [3.8, 4) is 6.07 Å². The molecule has 6 heteroatoms. The molecule has 130 valence electrons. The Balaban J connectivity index is 1.86. The summed E-state index contributed by atoms with van der Waals surface area (Å²) in [5.74, 6) is 0. The van der Waals surface area contributed by atoms with Crippen LogP contribution in [0.5, 0.6) is 0 Å². The number of likely N-dealkylation sites (N-methyl/N-ethyl adjacent to an activating group) is 1. The van der Waals surface area contributed by atoms with Crippen LogP contribution < -0.4 is 0 Å². The van der Waals surface area contributed by atoms with Crippen LogP contribution in [0.4, 0.5) is 0 Å². The second-order valence-corrected chi connectivity index (χ2v) is 8.34. The third-order valence-electron chi connectivity index (χ3n) is 4.69. The number of rotatable bonds is 3. The number of aryl methyl sites for hydroxylation is 1. The minimum Gasteiger partial charge on any atom is -0.297 e. The van der Waals surface area contributed by atoms with E-state index in [1.807, 2.05) is 20.0 Å². The Morgan fingerprint density at radius 3 is 2.28 bits per heavy atom. The molecule has 0 saturated carbocycles. The average molecular weight is 355 g/mol. The van der Waals surface area contributed by atoms with E-state index in [0.29, 0.717) is 25.2 Å². The molecular formula is C19H21N3O2S. The predicted molar refractivity (Wildman–Crippen MR) is 96.5 cm³/mol. The summed E-state index contributed by atoms with van der Waals surface area (Å²) in [6.45, 7) is 3.59. The number of nitrogens with zero attached hydrogens (tertiary/aromatic N) is 3. The van der Waals surface area contributed by atoms with Gasteiger partial charge in [-0.05, 0) is 43.8 Å². The van der Waals surface area contributed by atoms with Crippen LogP contribution in [0.3, 0.4) is 0 Å². The first kappa shape index (κ1) is 17.6. The van der Waals surface area contributed by atoms with Gasteiger partial charge in [-0.3, -0.25) is 4.90 Å². The van der Waals surface area contributed by atoms with Crippen LogP contribution in [0.15, 0.2) is 53.4 Å². The number of sulfonamides is 1.